The summed E-state index contributed by atoms with van der Waals surface area (Å²) >= 11 is 0. The van der Waals surface area contributed by atoms with Crippen molar-refractivity contribution in [2.75, 3.05) is 19.8 Å². The molecule has 5 heteroatoms. The molecule has 1 amide bonds. The van der Waals surface area contributed by atoms with Gasteiger partial charge in [-0.3, -0.25) is 4.79 Å². The van der Waals surface area contributed by atoms with E-state index in [-0.39, 0.29) is 18.1 Å². The molecule has 3 N–H and O–H groups in total. The first kappa shape index (κ1) is 13.8. The molecule has 2 fully saturated rings. The molecule has 0 spiro atoms. The number of hydrogen-bond acceptors (Lipinski definition) is 4. The van der Waals surface area contributed by atoms with Crippen molar-refractivity contribution in [3.05, 3.63) is 0 Å². The highest BCUT2D eigenvalue weighted by Gasteiger charge is 2.27. The first-order valence-corrected chi connectivity index (χ1v) is 7.00. The minimum atomic E-state index is -0.278. The zero-order valence-corrected chi connectivity index (χ0v) is 10.9. The molecule has 0 aromatic rings. The van der Waals surface area contributed by atoms with E-state index in [4.69, 9.17) is 15.2 Å². The molecule has 2 unspecified atom stereocenters. The van der Waals surface area contributed by atoms with Crippen molar-refractivity contribution < 1.29 is 14.3 Å². The molecule has 18 heavy (non-hydrogen) atoms. The molecular formula is C13H24N2O3. The third-order valence-electron chi connectivity index (χ3n) is 3.49. The summed E-state index contributed by atoms with van der Waals surface area (Å²) in [6.07, 6.45) is 6.66. The SMILES string of the molecule is NC(=O)C(CCOCC1CCCCO1)NC1CC1. The van der Waals surface area contributed by atoms with Gasteiger partial charge in [0.2, 0.25) is 5.91 Å². The van der Waals surface area contributed by atoms with Gasteiger partial charge in [0.15, 0.2) is 0 Å². The van der Waals surface area contributed by atoms with Crippen LogP contribution in [0.3, 0.4) is 0 Å². The Morgan fingerprint density at radius 2 is 2.22 bits per heavy atom. The summed E-state index contributed by atoms with van der Waals surface area (Å²) in [6, 6.07) is 0.244. The van der Waals surface area contributed by atoms with E-state index in [1.54, 1.807) is 0 Å². The minimum absolute atomic E-state index is 0.238. The number of nitrogens with one attached hydrogen (secondary N) is 1. The molecule has 2 rings (SSSR count). The molecule has 5 nitrogen and oxygen atoms in total. The normalized spacial score (nSPS) is 25.9. The van der Waals surface area contributed by atoms with E-state index in [1.807, 2.05) is 0 Å². The Bertz CT molecular complexity index is 263. The first-order chi connectivity index (χ1) is 8.75. The maximum Gasteiger partial charge on any atom is 0.234 e. The van der Waals surface area contributed by atoms with Gasteiger partial charge in [-0.2, -0.15) is 0 Å². The quantitative estimate of drug-likeness (QED) is 0.623. The Morgan fingerprint density at radius 3 is 2.83 bits per heavy atom. The standard InChI is InChI=1S/C13H24N2O3/c14-13(16)12(15-10-4-5-10)6-8-17-9-11-3-1-2-7-18-11/h10-12,15H,1-9H2,(H2,14,16). The summed E-state index contributed by atoms with van der Waals surface area (Å²) in [5.74, 6) is -0.278. The largest absolute Gasteiger partial charge is 0.379 e. The van der Waals surface area contributed by atoms with Gasteiger partial charge < -0.3 is 20.5 Å². The van der Waals surface area contributed by atoms with Gasteiger partial charge in [-0.25, -0.2) is 0 Å². The lowest BCUT2D eigenvalue weighted by Crippen LogP contribution is -2.43. The van der Waals surface area contributed by atoms with E-state index in [0.717, 1.165) is 32.3 Å². The van der Waals surface area contributed by atoms with Crippen molar-refractivity contribution in [2.45, 2.75) is 56.7 Å². The van der Waals surface area contributed by atoms with Gasteiger partial charge in [-0.15, -0.1) is 0 Å². The molecule has 1 aliphatic carbocycles. The highest BCUT2D eigenvalue weighted by Crippen LogP contribution is 2.20. The Morgan fingerprint density at radius 1 is 1.39 bits per heavy atom. The lowest BCUT2D eigenvalue weighted by molar-refractivity contribution is -0.120. The predicted octanol–water partition coefficient (Wildman–Crippen LogP) is 0.568. The van der Waals surface area contributed by atoms with Gasteiger partial charge in [0.1, 0.15) is 0 Å². The Balaban J connectivity index is 1.55. The second-order valence-electron chi connectivity index (χ2n) is 5.25. The minimum Gasteiger partial charge on any atom is -0.379 e. The third kappa shape index (κ3) is 4.92. The highest BCUT2D eigenvalue weighted by molar-refractivity contribution is 5.79. The molecule has 0 radical (unpaired) electrons. The summed E-state index contributed by atoms with van der Waals surface area (Å²) in [5, 5.41) is 3.24. The van der Waals surface area contributed by atoms with Crippen molar-refractivity contribution in [3.63, 3.8) is 0 Å². The molecule has 2 atom stereocenters. The topological polar surface area (TPSA) is 73.6 Å². The number of carbonyl (C=O) groups is 1. The van der Waals surface area contributed by atoms with E-state index in [2.05, 4.69) is 5.32 Å². The molecule has 0 aromatic carbocycles. The number of ether oxygens (including phenoxy) is 2. The Labute approximate surface area is 108 Å². The summed E-state index contributed by atoms with van der Waals surface area (Å²) < 4.78 is 11.2. The number of primary amides is 1. The van der Waals surface area contributed by atoms with Gasteiger partial charge >= 0.3 is 0 Å². The average molecular weight is 256 g/mol. The molecule has 104 valence electrons. The monoisotopic (exact) mass is 256 g/mol. The van der Waals surface area contributed by atoms with E-state index >= 15 is 0 Å². The predicted molar refractivity (Wildman–Crippen MR) is 68.2 cm³/mol. The van der Waals surface area contributed by atoms with Crippen LogP contribution >= 0.6 is 0 Å². The molecule has 0 aromatic heterocycles. The highest BCUT2D eigenvalue weighted by atomic mass is 16.5. The number of carbonyl (C=O) groups excluding carboxylic acids is 1. The Hall–Kier alpha value is -0.650. The van der Waals surface area contributed by atoms with Gasteiger partial charge in [0, 0.05) is 19.3 Å². The van der Waals surface area contributed by atoms with Gasteiger partial charge in [0.05, 0.1) is 18.8 Å². The van der Waals surface area contributed by atoms with Crippen LogP contribution in [0.15, 0.2) is 0 Å². The van der Waals surface area contributed by atoms with Crippen LogP contribution in [0.2, 0.25) is 0 Å². The summed E-state index contributed by atoms with van der Waals surface area (Å²) in [4.78, 5) is 11.2. The first-order valence-electron chi connectivity index (χ1n) is 7.00. The van der Waals surface area contributed by atoms with Crippen LogP contribution in [0.4, 0.5) is 0 Å². The van der Waals surface area contributed by atoms with Crippen LogP contribution < -0.4 is 11.1 Å². The lowest BCUT2D eigenvalue weighted by atomic mass is 10.1. The van der Waals surface area contributed by atoms with Crippen LogP contribution in [-0.2, 0) is 14.3 Å². The molecule has 0 bridgehead atoms. The second-order valence-corrected chi connectivity index (χ2v) is 5.25. The summed E-state index contributed by atoms with van der Waals surface area (Å²) in [7, 11) is 0. The zero-order chi connectivity index (χ0) is 12.8. The smallest absolute Gasteiger partial charge is 0.234 e. The number of hydrogen-bond donors (Lipinski definition) is 2. The summed E-state index contributed by atoms with van der Waals surface area (Å²) in [5.41, 5.74) is 5.36. The molecular weight excluding hydrogens is 232 g/mol. The third-order valence-corrected chi connectivity index (χ3v) is 3.49. The molecule has 1 saturated heterocycles. The van der Waals surface area contributed by atoms with Crippen molar-refractivity contribution in [1.82, 2.24) is 5.32 Å². The van der Waals surface area contributed by atoms with Crippen molar-refractivity contribution >= 4 is 5.91 Å². The van der Waals surface area contributed by atoms with Gasteiger partial charge in [0.25, 0.3) is 0 Å². The van der Waals surface area contributed by atoms with E-state index in [1.165, 1.54) is 6.42 Å². The van der Waals surface area contributed by atoms with Crippen LogP contribution in [0, 0.1) is 0 Å². The molecule has 2 aliphatic rings. The molecule has 1 saturated carbocycles. The fourth-order valence-electron chi connectivity index (χ4n) is 2.20. The van der Waals surface area contributed by atoms with Crippen molar-refractivity contribution in [1.29, 1.82) is 0 Å². The Kier molecular flexibility index (Phi) is 5.41. The fraction of sp³-hybridized carbons (Fsp3) is 0.923. The maximum atomic E-state index is 11.2. The summed E-state index contributed by atoms with van der Waals surface area (Å²) in [6.45, 7) is 2.04. The number of nitrogens with two attached hydrogens (primary N) is 1. The van der Waals surface area contributed by atoms with Crippen molar-refractivity contribution in [2.24, 2.45) is 5.73 Å². The maximum absolute atomic E-state index is 11.2. The number of amides is 1. The molecule has 1 heterocycles. The molecule has 1 aliphatic heterocycles. The average Bonchev–Trinajstić information content (AvgIpc) is 3.18. The zero-order valence-electron chi connectivity index (χ0n) is 10.9. The van der Waals surface area contributed by atoms with Crippen molar-refractivity contribution in [3.8, 4) is 0 Å². The lowest BCUT2D eigenvalue weighted by Gasteiger charge is -2.22. The van der Waals surface area contributed by atoms with E-state index in [9.17, 15) is 4.79 Å². The van der Waals surface area contributed by atoms with Gasteiger partial charge in [-0.1, -0.05) is 0 Å². The van der Waals surface area contributed by atoms with Crippen LogP contribution in [0.25, 0.3) is 0 Å². The van der Waals surface area contributed by atoms with E-state index < -0.39 is 0 Å². The van der Waals surface area contributed by atoms with Gasteiger partial charge in [-0.05, 0) is 38.5 Å². The van der Waals surface area contributed by atoms with Crippen LogP contribution in [0.5, 0.6) is 0 Å². The number of rotatable bonds is 8. The van der Waals surface area contributed by atoms with E-state index in [0.29, 0.717) is 25.7 Å². The second kappa shape index (κ2) is 7.07. The van der Waals surface area contributed by atoms with Crippen LogP contribution in [-0.4, -0.2) is 43.9 Å². The van der Waals surface area contributed by atoms with Crippen LogP contribution in [0.1, 0.15) is 38.5 Å². The fourth-order valence-corrected chi connectivity index (χ4v) is 2.20.